The SMILES string of the molecule is CCCCn1c(N)c(N(Cc2ccccc2)C(=O)C2CC(=O)N(c3ccc(C)cc3)C2)c(=O)[nH]c1=O. The Morgan fingerprint density at radius 2 is 1.78 bits per heavy atom. The van der Waals surface area contributed by atoms with Crippen molar-refractivity contribution >= 4 is 29.0 Å². The van der Waals surface area contributed by atoms with Gasteiger partial charge in [0.15, 0.2) is 5.69 Å². The van der Waals surface area contributed by atoms with Crippen molar-refractivity contribution in [2.75, 3.05) is 22.1 Å². The zero-order valence-electron chi connectivity index (χ0n) is 20.6. The largest absolute Gasteiger partial charge is 0.383 e. The Hall–Kier alpha value is -4.14. The third-order valence-electron chi connectivity index (χ3n) is 6.49. The molecule has 1 aliphatic rings. The second-order valence-electron chi connectivity index (χ2n) is 9.15. The zero-order valence-corrected chi connectivity index (χ0v) is 20.6. The lowest BCUT2D eigenvalue weighted by molar-refractivity contribution is -0.124. The highest BCUT2D eigenvalue weighted by Crippen LogP contribution is 2.29. The van der Waals surface area contributed by atoms with E-state index in [9.17, 15) is 19.2 Å². The molecule has 1 unspecified atom stereocenters. The predicted molar refractivity (Wildman–Crippen MR) is 140 cm³/mol. The van der Waals surface area contributed by atoms with Crippen LogP contribution in [0.3, 0.4) is 0 Å². The maximum absolute atomic E-state index is 13.9. The highest BCUT2D eigenvalue weighted by Gasteiger charge is 2.39. The number of aryl methyl sites for hydroxylation is 1. The van der Waals surface area contributed by atoms with Gasteiger partial charge in [0, 0.05) is 25.2 Å². The maximum atomic E-state index is 13.9. The Bertz CT molecular complexity index is 1360. The highest BCUT2D eigenvalue weighted by atomic mass is 16.2. The molecule has 0 aliphatic carbocycles. The van der Waals surface area contributed by atoms with Crippen LogP contribution in [0.1, 0.15) is 37.3 Å². The van der Waals surface area contributed by atoms with Gasteiger partial charge in [-0.05, 0) is 31.0 Å². The van der Waals surface area contributed by atoms with Gasteiger partial charge >= 0.3 is 5.69 Å². The average molecular weight is 490 g/mol. The lowest BCUT2D eigenvalue weighted by Gasteiger charge is -2.27. The van der Waals surface area contributed by atoms with Crippen LogP contribution in [0.2, 0.25) is 0 Å². The normalized spacial score (nSPS) is 15.3. The molecule has 0 saturated carbocycles. The highest BCUT2D eigenvalue weighted by molar-refractivity contribution is 6.05. The fourth-order valence-electron chi connectivity index (χ4n) is 4.48. The predicted octanol–water partition coefficient (Wildman–Crippen LogP) is 2.81. The fourth-order valence-corrected chi connectivity index (χ4v) is 4.48. The Labute approximate surface area is 209 Å². The first-order valence-electron chi connectivity index (χ1n) is 12.1. The topological polar surface area (TPSA) is 121 Å². The molecule has 0 spiro atoms. The maximum Gasteiger partial charge on any atom is 0.330 e. The number of anilines is 3. The quantitative estimate of drug-likeness (QED) is 0.504. The first kappa shape index (κ1) is 25.0. The van der Waals surface area contributed by atoms with Crippen LogP contribution in [-0.4, -0.2) is 27.9 Å². The Kier molecular flexibility index (Phi) is 7.38. The smallest absolute Gasteiger partial charge is 0.330 e. The van der Waals surface area contributed by atoms with Crippen LogP contribution in [0.5, 0.6) is 0 Å². The molecule has 3 N–H and O–H groups in total. The molecule has 2 heterocycles. The lowest BCUT2D eigenvalue weighted by Crippen LogP contribution is -2.43. The standard InChI is InChI=1S/C27H31N5O4/c1-3-4-14-30-24(28)23(25(34)29-27(30)36)32(16-19-8-6-5-7-9-19)26(35)20-15-22(33)31(17-20)21-12-10-18(2)11-13-21/h5-13,20H,3-4,14-17,28H2,1-2H3,(H,29,34,36). The molecule has 1 fully saturated rings. The summed E-state index contributed by atoms with van der Waals surface area (Å²) >= 11 is 0. The number of hydrogen-bond acceptors (Lipinski definition) is 5. The van der Waals surface area contributed by atoms with E-state index in [-0.39, 0.29) is 42.8 Å². The molecule has 1 aliphatic heterocycles. The van der Waals surface area contributed by atoms with E-state index in [1.165, 1.54) is 9.47 Å². The Morgan fingerprint density at radius 1 is 1.08 bits per heavy atom. The van der Waals surface area contributed by atoms with Crippen LogP contribution in [0, 0.1) is 12.8 Å². The number of benzene rings is 2. The van der Waals surface area contributed by atoms with E-state index in [4.69, 9.17) is 5.73 Å². The fraction of sp³-hybridized carbons (Fsp3) is 0.333. The number of rotatable bonds is 8. The van der Waals surface area contributed by atoms with E-state index in [0.29, 0.717) is 13.0 Å². The molecule has 2 aromatic carbocycles. The lowest BCUT2D eigenvalue weighted by atomic mass is 10.1. The average Bonchev–Trinajstić information content (AvgIpc) is 3.25. The van der Waals surface area contributed by atoms with Crippen molar-refractivity contribution in [2.45, 2.75) is 46.2 Å². The number of carbonyl (C=O) groups is 2. The molecule has 1 aromatic heterocycles. The van der Waals surface area contributed by atoms with Crippen molar-refractivity contribution in [1.29, 1.82) is 0 Å². The van der Waals surface area contributed by atoms with Crippen LogP contribution in [0.4, 0.5) is 17.2 Å². The number of unbranched alkanes of at least 4 members (excludes halogenated alkanes) is 1. The van der Waals surface area contributed by atoms with Crippen molar-refractivity contribution in [1.82, 2.24) is 9.55 Å². The van der Waals surface area contributed by atoms with Gasteiger partial charge in [-0.25, -0.2) is 4.79 Å². The number of aromatic nitrogens is 2. The van der Waals surface area contributed by atoms with Gasteiger partial charge in [0.05, 0.1) is 12.5 Å². The van der Waals surface area contributed by atoms with Crippen LogP contribution in [0.15, 0.2) is 64.2 Å². The van der Waals surface area contributed by atoms with Crippen molar-refractivity contribution in [3.63, 3.8) is 0 Å². The van der Waals surface area contributed by atoms with E-state index in [1.807, 2.05) is 68.4 Å². The first-order valence-corrected chi connectivity index (χ1v) is 12.1. The van der Waals surface area contributed by atoms with Gasteiger partial charge in [-0.15, -0.1) is 0 Å². The van der Waals surface area contributed by atoms with Gasteiger partial charge in [0.2, 0.25) is 11.8 Å². The summed E-state index contributed by atoms with van der Waals surface area (Å²) in [5.74, 6) is -1.27. The number of nitrogens with zero attached hydrogens (tertiary/aromatic N) is 3. The van der Waals surface area contributed by atoms with E-state index in [2.05, 4.69) is 4.98 Å². The van der Waals surface area contributed by atoms with Gasteiger partial charge in [0.25, 0.3) is 5.56 Å². The molecule has 188 valence electrons. The number of hydrogen-bond donors (Lipinski definition) is 2. The number of H-pyrrole nitrogens is 1. The van der Waals surface area contributed by atoms with Crippen molar-refractivity contribution in [2.24, 2.45) is 5.92 Å². The summed E-state index contributed by atoms with van der Waals surface area (Å²) in [6, 6.07) is 16.8. The van der Waals surface area contributed by atoms with Crippen LogP contribution < -0.4 is 26.8 Å². The van der Waals surface area contributed by atoms with Gasteiger partial charge < -0.3 is 10.6 Å². The van der Waals surface area contributed by atoms with Crippen molar-refractivity contribution in [3.8, 4) is 0 Å². The Morgan fingerprint density at radius 3 is 2.44 bits per heavy atom. The summed E-state index contributed by atoms with van der Waals surface area (Å²) < 4.78 is 1.30. The molecule has 36 heavy (non-hydrogen) atoms. The second-order valence-corrected chi connectivity index (χ2v) is 9.15. The molecule has 9 nitrogen and oxygen atoms in total. The van der Waals surface area contributed by atoms with Gasteiger partial charge in [0.1, 0.15) is 5.82 Å². The molecular formula is C27H31N5O4. The minimum atomic E-state index is -0.728. The summed E-state index contributed by atoms with van der Waals surface area (Å²) in [6.07, 6.45) is 1.53. The molecule has 1 atom stereocenters. The summed E-state index contributed by atoms with van der Waals surface area (Å²) in [5.41, 5.74) is 7.52. The minimum Gasteiger partial charge on any atom is -0.383 e. The summed E-state index contributed by atoms with van der Waals surface area (Å²) in [4.78, 5) is 57.5. The monoisotopic (exact) mass is 489 g/mol. The molecule has 0 bridgehead atoms. The summed E-state index contributed by atoms with van der Waals surface area (Å²) in [6.45, 7) is 4.54. The molecule has 9 heteroatoms. The number of nitrogens with two attached hydrogens (primary N) is 1. The van der Waals surface area contributed by atoms with Gasteiger partial charge in [-0.1, -0.05) is 61.4 Å². The number of carbonyl (C=O) groups excluding carboxylic acids is 2. The van der Waals surface area contributed by atoms with Crippen molar-refractivity contribution in [3.05, 3.63) is 86.6 Å². The van der Waals surface area contributed by atoms with Crippen molar-refractivity contribution < 1.29 is 9.59 Å². The van der Waals surface area contributed by atoms with E-state index in [0.717, 1.165) is 23.2 Å². The van der Waals surface area contributed by atoms with Gasteiger partial charge in [-0.2, -0.15) is 0 Å². The molecule has 1 saturated heterocycles. The molecule has 2 amide bonds. The molecular weight excluding hydrogens is 458 g/mol. The molecule has 3 aromatic rings. The summed E-state index contributed by atoms with van der Waals surface area (Å²) in [7, 11) is 0. The zero-order chi connectivity index (χ0) is 25.8. The minimum absolute atomic E-state index is 0.0191. The molecule has 0 radical (unpaired) electrons. The third-order valence-corrected chi connectivity index (χ3v) is 6.49. The van der Waals surface area contributed by atoms with Gasteiger partial charge in [-0.3, -0.25) is 28.8 Å². The second kappa shape index (κ2) is 10.6. The van der Waals surface area contributed by atoms with E-state index in [1.54, 1.807) is 4.90 Å². The van der Waals surface area contributed by atoms with E-state index < -0.39 is 17.2 Å². The van der Waals surface area contributed by atoms with Crippen LogP contribution in [-0.2, 0) is 22.7 Å². The van der Waals surface area contributed by atoms with E-state index >= 15 is 0 Å². The number of nitrogens with one attached hydrogen (secondary N) is 1. The number of amides is 2. The molecule has 4 rings (SSSR count). The third kappa shape index (κ3) is 5.10. The van der Waals surface area contributed by atoms with Crippen LogP contribution in [0.25, 0.3) is 0 Å². The van der Waals surface area contributed by atoms with Crippen LogP contribution >= 0.6 is 0 Å². The Balaban J connectivity index is 1.72. The number of nitrogen functional groups attached to an aromatic ring is 1. The summed E-state index contributed by atoms with van der Waals surface area (Å²) in [5, 5.41) is 0. The first-order chi connectivity index (χ1) is 17.3. The number of aromatic amines is 1.